The molecule has 2 heterocycles. The van der Waals surface area contributed by atoms with Gasteiger partial charge in [-0.15, -0.1) is 0 Å². The van der Waals surface area contributed by atoms with E-state index in [2.05, 4.69) is 15.0 Å². The van der Waals surface area contributed by atoms with E-state index in [1.165, 1.54) is 6.07 Å². The number of halogens is 1. The largest absolute Gasteiger partial charge is 0.494 e. The zero-order chi connectivity index (χ0) is 23.9. The summed E-state index contributed by atoms with van der Waals surface area (Å²) in [6.45, 7) is 7.95. The Morgan fingerprint density at radius 3 is 1.62 bits per heavy atom. The van der Waals surface area contributed by atoms with Crippen LogP contribution in [0.3, 0.4) is 0 Å². The molecule has 0 bridgehead atoms. The Hall–Kier alpha value is -3.42. The lowest BCUT2D eigenvalue weighted by Crippen LogP contribution is -2.41. The van der Waals surface area contributed by atoms with Crippen molar-refractivity contribution in [3.8, 4) is 34.2 Å². The van der Waals surface area contributed by atoms with Gasteiger partial charge in [-0.25, -0.2) is 19.3 Å². The maximum atomic E-state index is 15.1. The van der Waals surface area contributed by atoms with E-state index in [1.807, 2.05) is 88.4 Å². The Balaban J connectivity index is 1.63. The van der Waals surface area contributed by atoms with Crippen molar-refractivity contribution < 1.29 is 13.7 Å². The van der Waals surface area contributed by atoms with E-state index in [9.17, 15) is 0 Å². The summed E-state index contributed by atoms with van der Waals surface area (Å²) < 4.78 is 27.5. The summed E-state index contributed by atoms with van der Waals surface area (Å²) >= 11 is 0. The molecule has 1 fully saturated rings. The summed E-state index contributed by atoms with van der Waals surface area (Å²) in [5.74, 6) is 0.780. The number of aromatic nitrogens is 3. The minimum Gasteiger partial charge on any atom is -0.399 e. The summed E-state index contributed by atoms with van der Waals surface area (Å²) in [6.07, 6.45) is 0. The molecule has 1 aliphatic rings. The first kappa shape index (κ1) is 22.4. The normalized spacial score (nSPS) is 16.6. The molecule has 0 N–H and O–H groups in total. The highest BCUT2D eigenvalue weighted by molar-refractivity contribution is 6.62. The van der Waals surface area contributed by atoms with Crippen molar-refractivity contribution in [2.75, 3.05) is 0 Å². The van der Waals surface area contributed by atoms with E-state index in [0.29, 0.717) is 17.1 Å². The molecule has 7 heteroatoms. The smallest absolute Gasteiger partial charge is 0.399 e. The molecule has 4 aromatic rings. The highest BCUT2D eigenvalue weighted by atomic mass is 19.1. The highest BCUT2D eigenvalue weighted by Gasteiger charge is 2.51. The molecule has 1 saturated heterocycles. The van der Waals surface area contributed by atoms with Gasteiger partial charge >= 0.3 is 7.12 Å². The van der Waals surface area contributed by atoms with Crippen LogP contribution < -0.4 is 5.46 Å². The molecular weight excluding hydrogens is 428 g/mol. The monoisotopic (exact) mass is 453 g/mol. The predicted octanol–water partition coefficient (Wildman–Crippen LogP) is 5.31. The van der Waals surface area contributed by atoms with Gasteiger partial charge < -0.3 is 9.31 Å². The van der Waals surface area contributed by atoms with E-state index < -0.39 is 24.1 Å². The fourth-order valence-electron chi connectivity index (χ4n) is 3.77. The molecular formula is C27H25BFN3O2. The second-order valence-corrected chi connectivity index (χ2v) is 9.37. The molecule has 0 aliphatic carbocycles. The zero-order valence-electron chi connectivity index (χ0n) is 19.6. The lowest BCUT2D eigenvalue weighted by molar-refractivity contribution is 0.00578. The summed E-state index contributed by atoms with van der Waals surface area (Å²) in [7, 11) is -0.617. The molecule has 0 amide bonds. The number of hydrogen-bond acceptors (Lipinski definition) is 5. The van der Waals surface area contributed by atoms with Crippen molar-refractivity contribution in [1.29, 1.82) is 0 Å². The van der Waals surface area contributed by atoms with Crippen molar-refractivity contribution in [3.63, 3.8) is 0 Å². The van der Waals surface area contributed by atoms with Gasteiger partial charge in [0.05, 0.1) is 16.8 Å². The molecule has 5 rings (SSSR count). The van der Waals surface area contributed by atoms with Gasteiger partial charge in [0.1, 0.15) is 5.82 Å². The SMILES string of the molecule is CC1(C)OB(c2ccc(F)c(-c3nc(-c4ccccc4)nc(-c4ccccc4)n3)c2)OC1(C)C. The fraction of sp³-hybridized carbons (Fsp3) is 0.222. The quantitative estimate of drug-likeness (QED) is 0.392. The van der Waals surface area contributed by atoms with Crippen molar-refractivity contribution in [2.45, 2.75) is 38.9 Å². The first-order chi connectivity index (χ1) is 16.2. The van der Waals surface area contributed by atoms with Crippen molar-refractivity contribution >= 4 is 12.6 Å². The van der Waals surface area contributed by atoms with Crippen LogP contribution in [0.1, 0.15) is 27.7 Å². The van der Waals surface area contributed by atoms with Crippen LogP contribution in [0, 0.1) is 5.82 Å². The molecule has 0 saturated carbocycles. The molecule has 5 nitrogen and oxygen atoms in total. The second kappa shape index (κ2) is 8.42. The molecule has 0 atom stereocenters. The third-order valence-electron chi connectivity index (χ3n) is 6.46. The Labute approximate surface area is 199 Å². The highest BCUT2D eigenvalue weighted by Crippen LogP contribution is 2.37. The Morgan fingerprint density at radius 2 is 1.12 bits per heavy atom. The Kier molecular flexibility index (Phi) is 5.54. The van der Waals surface area contributed by atoms with E-state index in [0.717, 1.165) is 11.1 Å². The van der Waals surface area contributed by atoms with Gasteiger partial charge in [-0.2, -0.15) is 0 Å². The third-order valence-corrected chi connectivity index (χ3v) is 6.46. The van der Waals surface area contributed by atoms with Crippen LogP contribution in [0.25, 0.3) is 34.2 Å². The van der Waals surface area contributed by atoms with Crippen LogP contribution in [0.4, 0.5) is 4.39 Å². The van der Waals surface area contributed by atoms with Crippen LogP contribution in [0.15, 0.2) is 78.9 Å². The van der Waals surface area contributed by atoms with Crippen LogP contribution in [-0.2, 0) is 9.31 Å². The van der Waals surface area contributed by atoms with Gasteiger partial charge in [0.25, 0.3) is 0 Å². The van der Waals surface area contributed by atoms with E-state index in [4.69, 9.17) is 9.31 Å². The molecule has 0 spiro atoms. The van der Waals surface area contributed by atoms with Crippen molar-refractivity contribution in [3.05, 3.63) is 84.7 Å². The molecule has 0 unspecified atom stereocenters. The zero-order valence-corrected chi connectivity index (χ0v) is 19.6. The minimum absolute atomic E-state index is 0.253. The van der Waals surface area contributed by atoms with Gasteiger partial charge in [0, 0.05) is 11.1 Å². The van der Waals surface area contributed by atoms with E-state index >= 15 is 4.39 Å². The lowest BCUT2D eigenvalue weighted by atomic mass is 9.78. The topological polar surface area (TPSA) is 57.1 Å². The summed E-state index contributed by atoms with van der Waals surface area (Å²) in [5.41, 5.74) is 1.62. The molecule has 34 heavy (non-hydrogen) atoms. The molecule has 1 aromatic heterocycles. The van der Waals surface area contributed by atoms with Gasteiger partial charge in [-0.05, 0) is 45.3 Å². The first-order valence-corrected chi connectivity index (χ1v) is 11.3. The van der Waals surface area contributed by atoms with Crippen LogP contribution in [-0.4, -0.2) is 33.3 Å². The van der Waals surface area contributed by atoms with E-state index in [1.54, 1.807) is 12.1 Å². The number of hydrogen-bond donors (Lipinski definition) is 0. The summed E-state index contributed by atoms with van der Waals surface area (Å²) in [4.78, 5) is 14.0. The van der Waals surface area contributed by atoms with Crippen LogP contribution in [0.2, 0.25) is 0 Å². The summed E-state index contributed by atoms with van der Waals surface area (Å²) in [6, 6.07) is 24.0. The molecule has 0 radical (unpaired) electrons. The average molecular weight is 453 g/mol. The van der Waals surface area contributed by atoms with Gasteiger partial charge in [-0.1, -0.05) is 66.7 Å². The first-order valence-electron chi connectivity index (χ1n) is 11.3. The Morgan fingerprint density at radius 1 is 0.647 bits per heavy atom. The molecule has 1 aliphatic heterocycles. The molecule has 3 aromatic carbocycles. The maximum absolute atomic E-state index is 15.1. The van der Waals surface area contributed by atoms with Crippen LogP contribution >= 0.6 is 0 Å². The van der Waals surface area contributed by atoms with Crippen LogP contribution in [0.5, 0.6) is 0 Å². The number of rotatable bonds is 4. The maximum Gasteiger partial charge on any atom is 0.494 e. The number of nitrogens with zero attached hydrogens (tertiary/aromatic N) is 3. The van der Waals surface area contributed by atoms with Gasteiger partial charge in [0.2, 0.25) is 0 Å². The van der Waals surface area contributed by atoms with E-state index in [-0.39, 0.29) is 11.4 Å². The minimum atomic E-state index is -0.617. The third kappa shape index (κ3) is 4.13. The average Bonchev–Trinajstić information content (AvgIpc) is 3.07. The van der Waals surface area contributed by atoms with Gasteiger partial charge in [-0.3, -0.25) is 0 Å². The predicted molar refractivity (Wildman–Crippen MR) is 132 cm³/mol. The van der Waals surface area contributed by atoms with Gasteiger partial charge in [0.15, 0.2) is 17.5 Å². The summed E-state index contributed by atoms with van der Waals surface area (Å²) in [5, 5.41) is 0. The number of benzene rings is 3. The van der Waals surface area contributed by atoms with Crippen molar-refractivity contribution in [1.82, 2.24) is 15.0 Å². The second-order valence-electron chi connectivity index (χ2n) is 9.37. The Bertz CT molecular complexity index is 1260. The lowest BCUT2D eigenvalue weighted by Gasteiger charge is -2.32. The van der Waals surface area contributed by atoms with Crippen molar-refractivity contribution in [2.24, 2.45) is 0 Å². The fourth-order valence-corrected chi connectivity index (χ4v) is 3.77. The molecule has 170 valence electrons. The standard InChI is InChI=1S/C27H25BFN3O2/c1-26(2)27(3,4)34-28(33-26)20-15-16-22(29)21(17-20)25-31-23(18-11-7-5-8-12-18)30-24(32-25)19-13-9-6-10-14-19/h5-17H,1-4H3.